The number of alkyl halides is 3. The first-order chi connectivity index (χ1) is 15.1. The molecule has 0 saturated carbocycles. The third-order valence-electron chi connectivity index (χ3n) is 4.46. The van der Waals surface area contributed by atoms with E-state index in [1.54, 1.807) is 24.4 Å². The topological polar surface area (TPSA) is 83.8 Å². The molecule has 0 aliphatic rings. The molecule has 0 saturated heterocycles. The largest absolute Gasteiger partial charge is 0.506 e. The first kappa shape index (κ1) is 24.7. The summed E-state index contributed by atoms with van der Waals surface area (Å²) in [6, 6.07) is 11.8. The van der Waals surface area contributed by atoms with E-state index in [1.165, 1.54) is 23.5 Å². The number of aryl methyl sites for hydroxylation is 1. The van der Waals surface area contributed by atoms with Crippen LogP contribution in [0.5, 0.6) is 5.75 Å². The third-order valence-corrected chi connectivity index (χ3v) is 5.48. The van der Waals surface area contributed by atoms with E-state index < -0.39 is 11.7 Å². The fourth-order valence-electron chi connectivity index (χ4n) is 2.73. The smallest absolute Gasteiger partial charge is 0.416 e. The Morgan fingerprint density at radius 3 is 2.16 bits per heavy atom. The highest BCUT2D eigenvalue weighted by Crippen LogP contribution is 2.40. The van der Waals surface area contributed by atoms with Crippen LogP contribution in [0.15, 0.2) is 58.9 Å². The summed E-state index contributed by atoms with van der Waals surface area (Å²) in [5, 5.41) is 12.2. The molecule has 0 aliphatic carbocycles. The summed E-state index contributed by atoms with van der Waals surface area (Å²) in [6.07, 6.45) is -4.16. The Morgan fingerprint density at radius 1 is 1.06 bits per heavy atom. The maximum Gasteiger partial charge on any atom is 0.416 e. The van der Waals surface area contributed by atoms with Gasteiger partial charge in [0.15, 0.2) is 5.78 Å². The summed E-state index contributed by atoms with van der Waals surface area (Å²) in [5.74, 6) is -0.194. The SMILES string of the molecule is CC(=NCC(=O)c1ccc(C)cc1)c1csc(-c2ccc(C(F)(F)F)cc2)c1O.O=C=O. The van der Waals surface area contributed by atoms with Gasteiger partial charge in [0.1, 0.15) is 12.3 Å². The summed E-state index contributed by atoms with van der Waals surface area (Å²) in [4.78, 5) is 33.2. The molecule has 0 aliphatic heterocycles. The van der Waals surface area contributed by atoms with E-state index in [9.17, 15) is 23.1 Å². The van der Waals surface area contributed by atoms with Crippen LogP contribution < -0.4 is 0 Å². The van der Waals surface area contributed by atoms with Crippen molar-refractivity contribution in [3.8, 4) is 16.2 Å². The minimum Gasteiger partial charge on any atom is -0.506 e. The van der Waals surface area contributed by atoms with Gasteiger partial charge in [-0.25, -0.2) is 0 Å². The number of hydrogen-bond donors (Lipinski definition) is 1. The zero-order valence-corrected chi connectivity index (χ0v) is 17.9. The summed E-state index contributed by atoms with van der Waals surface area (Å²) in [6.45, 7) is 3.56. The molecule has 0 radical (unpaired) electrons. The van der Waals surface area contributed by atoms with E-state index >= 15 is 0 Å². The van der Waals surface area contributed by atoms with Gasteiger partial charge in [-0.2, -0.15) is 22.8 Å². The molecule has 3 rings (SSSR count). The minimum absolute atomic E-state index is 0.0558. The van der Waals surface area contributed by atoms with Gasteiger partial charge in [-0.1, -0.05) is 42.0 Å². The average Bonchev–Trinajstić information content (AvgIpc) is 3.13. The van der Waals surface area contributed by atoms with E-state index in [0.29, 0.717) is 27.3 Å². The lowest BCUT2D eigenvalue weighted by molar-refractivity contribution is -0.191. The van der Waals surface area contributed by atoms with Crippen LogP contribution in [0.2, 0.25) is 0 Å². The fourth-order valence-corrected chi connectivity index (χ4v) is 3.74. The monoisotopic (exact) mass is 461 g/mol. The predicted molar refractivity (Wildman–Crippen MR) is 114 cm³/mol. The molecule has 2 aromatic carbocycles. The number of rotatable bonds is 5. The van der Waals surface area contributed by atoms with Gasteiger partial charge < -0.3 is 5.11 Å². The predicted octanol–water partition coefficient (Wildman–Crippen LogP) is 5.56. The second-order valence-electron chi connectivity index (χ2n) is 6.68. The van der Waals surface area contributed by atoms with Crippen LogP contribution in [0.1, 0.15) is 34.0 Å². The molecule has 0 bridgehead atoms. The summed E-state index contributed by atoms with van der Waals surface area (Å²) >= 11 is 1.21. The van der Waals surface area contributed by atoms with Gasteiger partial charge in [-0.15, -0.1) is 11.3 Å². The maximum absolute atomic E-state index is 12.7. The van der Waals surface area contributed by atoms with Crippen LogP contribution in [-0.2, 0) is 15.8 Å². The lowest BCUT2D eigenvalue weighted by atomic mass is 10.1. The second kappa shape index (κ2) is 10.7. The first-order valence-corrected chi connectivity index (χ1v) is 10.0. The Kier molecular flexibility index (Phi) is 8.23. The number of aliphatic imine (C=N–C) groups is 1. The minimum atomic E-state index is -4.41. The van der Waals surface area contributed by atoms with Crippen molar-refractivity contribution in [3.63, 3.8) is 0 Å². The van der Waals surface area contributed by atoms with Gasteiger partial charge >= 0.3 is 12.3 Å². The Morgan fingerprint density at radius 2 is 1.62 bits per heavy atom. The van der Waals surface area contributed by atoms with Crippen molar-refractivity contribution < 1.29 is 32.7 Å². The molecule has 166 valence electrons. The van der Waals surface area contributed by atoms with Gasteiger partial charge in [0.2, 0.25) is 0 Å². The number of carbonyl (C=O) groups is 1. The van der Waals surface area contributed by atoms with Gasteiger partial charge in [0.05, 0.1) is 10.4 Å². The molecule has 1 aromatic heterocycles. The molecule has 5 nitrogen and oxygen atoms in total. The lowest BCUT2D eigenvalue weighted by Gasteiger charge is -2.07. The summed E-state index contributed by atoms with van der Waals surface area (Å²) < 4.78 is 38.1. The van der Waals surface area contributed by atoms with Crippen LogP contribution in [0.3, 0.4) is 0 Å². The Balaban J connectivity index is 0.00000114. The zero-order valence-electron chi connectivity index (χ0n) is 17.1. The van der Waals surface area contributed by atoms with Crippen molar-refractivity contribution in [2.24, 2.45) is 4.99 Å². The highest BCUT2D eigenvalue weighted by Gasteiger charge is 2.30. The number of Topliss-reactive ketones (excluding diaryl/α,β-unsaturated/α-hetero) is 1. The number of carbonyl (C=O) groups excluding carboxylic acids is 3. The molecule has 1 heterocycles. The van der Waals surface area contributed by atoms with Crippen molar-refractivity contribution >= 4 is 29.0 Å². The Labute approximate surface area is 185 Å². The number of benzene rings is 2. The van der Waals surface area contributed by atoms with E-state index in [4.69, 9.17) is 9.59 Å². The van der Waals surface area contributed by atoms with Crippen molar-refractivity contribution in [1.29, 1.82) is 0 Å². The molecule has 0 unspecified atom stereocenters. The molecule has 9 heteroatoms. The van der Waals surface area contributed by atoms with Crippen LogP contribution in [0.25, 0.3) is 10.4 Å². The van der Waals surface area contributed by atoms with Crippen molar-refractivity contribution in [1.82, 2.24) is 0 Å². The molecule has 0 fully saturated rings. The van der Waals surface area contributed by atoms with E-state index in [-0.39, 0.29) is 24.2 Å². The number of aromatic hydroxyl groups is 1. The van der Waals surface area contributed by atoms with Gasteiger partial charge in [-0.05, 0) is 31.5 Å². The highest BCUT2D eigenvalue weighted by atomic mass is 32.1. The van der Waals surface area contributed by atoms with Crippen LogP contribution in [-0.4, -0.2) is 29.3 Å². The van der Waals surface area contributed by atoms with Crippen molar-refractivity contribution in [3.05, 3.63) is 76.2 Å². The quantitative estimate of drug-likeness (QED) is 0.399. The molecular formula is C23H18F3NO4S. The molecule has 3 aromatic rings. The third kappa shape index (κ3) is 6.23. The molecule has 0 amide bonds. The standard InChI is InChI=1S/C22H18F3NO2S.CO2/c1-13-3-5-15(6-4-13)19(27)11-26-14(2)18-12-29-21(20(18)28)16-7-9-17(10-8-16)22(23,24)25;2-1-3/h3-10,12,28H,11H2,1-2H3;. The number of thiophene rings is 1. The highest BCUT2D eigenvalue weighted by molar-refractivity contribution is 7.14. The van der Waals surface area contributed by atoms with Crippen LogP contribution >= 0.6 is 11.3 Å². The molecule has 32 heavy (non-hydrogen) atoms. The number of hydrogen-bond acceptors (Lipinski definition) is 6. The van der Waals surface area contributed by atoms with E-state index in [2.05, 4.69) is 4.99 Å². The first-order valence-electron chi connectivity index (χ1n) is 9.17. The summed E-state index contributed by atoms with van der Waals surface area (Å²) in [7, 11) is 0. The van der Waals surface area contributed by atoms with Crippen LogP contribution in [0, 0.1) is 6.92 Å². The van der Waals surface area contributed by atoms with E-state index in [1.807, 2.05) is 19.1 Å². The summed E-state index contributed by atoms with van der Waals surface area (Å²) in [5.41, 5.74) is 2.30. The van der Waals surface area contributed by atoms with Crippen LogP contribution in [0.4, 0.5) is 13.2 Å². The van der Waals surface area contributed by atoms with Crippen molar-refractivity contribution in [2.45, 2.75) is 20.0 Å². The average molecular weight is 461 g/mol. The lowest BCUT2D eigenvalue weighted by Crippen LogP contribution is -2.06. The second-order valence-corrected chi connectivity index (χ2v) is 7.56. The zero-order chi connectivity index (χ0) is 23.9. The molecule has 0 atom stereocenters. The number of nitrogens with zero attached hydrogens (tertiary/aromatic N) is 1. The maximum atomic E-state index is 12.7. The molecule has 1 N–H and O–H groups in total. The van der Waals surface area contributed by atoms with Crippen molar-refractivity contribution in [2.75, 3.05) is 6.54 Å². The number of halogens is 3. The van der Waals surface area contributed by atoms with E-state index in [0.717, 1.165) is 17.7 Å². The Hall–Kier alpha value is -3.55. The van der Waals surface area contributed by atoms with Gasteiger partial charge in [0, 0.05) is 22.2 Å². The fraction of sp³-hybridized carbons (Fsp3) is 0.174. The van der Waals surface area contributed by atoms with Gasteiger partial charge in [0.25, 0.3) is 0 Å². The van der Waals surface area contributed by atoms with Gasteiger partial charge in [-0.3, -0.25) is 9.79 Å². The Bertz CT molecular complexity index is 1140. The molecular weight excluding hydrogens is 443 g/mol. The normalized spacial score (nSPS) is 11.3. The molecule has 0 spiro atoms. The number of ketones is 1.